The highest BCUT2D eigenvalue weighted by Gasteiger charge is 2.37. The maximum Gasteiger partial charge on any atom is 0.0980 e. The highest BCUT2D eigenvalue weighted by molar-refractivity contribution is 8.66. The number of hydrogen-bond acceptors (Lipinski definition) is 5. The van der Waals surface area contributed by atoms with E-state index in [1.165, 1.54) is 25.7 Å². The molecule has 0 bridgehead atoms. The smallest absolute Gasteiger partial charge is 0.0980 e. The third kappa shape index (κ3) is 2.67. The summed E-state index contributed by atoms with van der Waals surface area (Å²) < 4.78 is 5.35. The third-order valence-corrected chi connectivity index (χ3v) is 4.38. The second-order valence-corrected chi connectivity index (χ2v) is 5.47. The summed E-state index contributed by atoms with van der Waals surface area (Å²) in [7, 11) is 0. The van der Waals surface area contributed by atoms with Crippen LogP contribution in [-0.4, -0.2) is 30.1 Å². The SMILES string of the molecule is N#CC1CCCN1C1CCCC1COSS. The van der Waals surface area contributed by atoms with Crippen molar-refractivity contribution in [3.05, 3.63) is 0 Å². The lowest BCUT2D eigenvalue weighted by atomic mass is 10.0. The molecule has 0 spiro atoms. The van der Waals surface area contributed by atoms with Crippen LogP contribution in [0, 0.1) is 17.2 Å². The first kappa shape index (κ1) is 12.6. The van der Waals surface area contributed by atoms with Gasteiger partial charge in [0.25, 0.3) is 0 Å². The summed E-state index contributed by atoms with van der Waals surface area (Å²) in [5.41, 5.74) is 0. The Balaban J connectivity index is 1.94. The number of nitrogens with zero attached hydrogens (tertiary/aromatic N) is 2. The molecule has 0 N–H and O–H groups in total. The molecule has 1 heterocycles. The average molecular weight is 258 g/mol. The van der Waals surface area contributed by atoms with Gasteiger partial charge in [-0.15, -0.1) is 0 Å². The molecule has 5 heteroatoms. The minimum absolute atomic E-state index is 0.147. The van der Waals surface area contributed by atoms with Crippen LogP contribution in [0.4, 0.5) is 0 Å². The zero-order valence-corrected chi connectivity index (χ0v) is 11.1. The maximum atomic E-state index is 9.12. The summed E-state index contributed by atoms with van der Waals surface area (Å²) in [5.74, 6) is 0.591. The molecule has 3 atom stereocenters. The van der Waals surface area contributed by atoms with Crippen molar-refractivity contribution in [2.75, 3.05) is 13.2 Å². The van der Waals surface area contributed by atoms with Crippen molar-refractivity contribution in [1.29, 1.82) is 5.26 Å². The van der Waals surface area contributed by atoms with E-state index in [1.54, 1.807) is 0 Å². The summed E-state index contributed by atoms with van der Waals surface area (Å²) in [6.45, 7) is 1.86. The van der Waals surface area contributed by atoms with Crippen LogP contribution in [0.15, 0.2) is 0 Å². The van der Waals surface area contributed by atoms with Crippen LogP contribution in [0.3, 0.4) is 0 Å². The number of thiol groups is 1. The van der Waals surface area contributed by atoms with Crippen LogP contribution in [0.5, 0.6) is 0 Å². The van der Waals surface area contributed by atoms with E-state index in [0.717, 1.165) is 30.6 Å². The molecule has 3 nitrogen and oxygen atoms in total. The van der Waals surface area contributed by atoms with Crippen molar-refractivity contribution in [2.45, 2.75) is 44.2 Å². The third-order valence-electron chi connectivity index (χ3n) is 3.82. The van der Waals surface area contributed by atoms with Crippen LogP contribution in [0.1, 0.15) is 32.1 Å². The van der Waals surface area contributed by atoms with Crippen molar-refractivity contribution in [1.82, 2.24) is 4.90 Å². The summed E-state index contributed by atoms with van der Waals surface area (Å²) in [6.07, 6.45) is 5.94. The van der Waals surface area contributed by atoms with E-state index in [4.69, 9.17) is 9.44 Å². The Morgan fingerprint density at radius 3 is 3.00 bits per heavy atom. The predicted molar refractivity (Wildman–Crippen MR) is 69.0 cm³/mol. The monoisotopic (exact) mass is 258 g/mol. The minimum atomic E-state index is 0.147. The summed E-state index contributed by atoms with van der Waals surface area (Å²) in [5, 5.41) is 9.12. The quantitative estimate of drug-likeness (QED) is 0.478. The molecule has 1 saturated carbocycles. The highest BCUT2D eigenvalue weighted by Crippen LogP contribution is 2.35. The summed E-state index contributed by atoms with van der Waals surface area (Å²) >= 11 is 5.15. The van der Waals surface area contributed by atoms with Crippen LogP contribution in [-0.2, 0) is 4.18 Å². The Morgan fingerprint density at radius 1 is 1.38 bits per heavy atom. The number of hydrogen-bond donors (Lipinski definition) is 1. The highest BCUT2D eigenvalue weighted by atomic mass is 33.1. The van der Waals surface area contributed by atoms with Crippen molar-refractivity contribution in [2.24, 2.45) is 5.92 Å². The summed E-state index contributed by atoms with van der Waals surface area (Å²) in [6, 6.07) is 3.14. The number of likely N-dealkylation sites (tertiary alicyclic amines) is 1. The molecule has 1 aliphatic heterocycles. The standard InChI is InChI=1S/C11H18N2OS2/c12-7-10-4-2-6-13(10)11-5-1-3-9(11)8-14-16-15/h9-11,15H,1-6,8H2. The Morgan fingerprint density at radius 2 is 2.25 bits per heavy atom. The molecule has 0 aromatic carbocycles. The molecule has 3 unspecified atom stereocenters. The van der Waals surface area contributed by atoms with Gasteiger partial charge in [0, 0.05) is 6.04 Å². The van der Waals surface area contributed by atoms with Gasteiger partial charge < -0.3 is 4.18 Å². The molecule has 1 aliphatic carbocycles. The van der Waals surface area contributed by atoms with Gasteiger partial charge in [0.15, 0.2) is 0 Å². The van der Waals surface area contributed by atoms with Crippen molar-refractivity contribution < 1.29 is 4.18 Å². The predicted octanol–water partition coefficient (Wildman–Crippen LogP) is 2.65. The first-order valence-corrected chi connectivity index (χ1v) is 7.74. The van der Waals surface area contributed by atoms with Gasteiger partial charge in [-0.25, -0.2) is 0 Å². The lowest BCUT2D eigenvalue weighted by molar-refractivity contribution is 0.139. The van der Waals surface area contributed by atoms with Crippen LogP contribution >= 0.6 is 22.7 Å². The normalized spacial score (nSPS) is 35.4. The summed E-state index contributed by atoms with van der Waals surface area (Å²) in [4.78, 5) is 2.41. The Kier molecular flexibility index (Phi) is 4.83. The van der Waals surface area contributed by atoms with E-state index in [9.17, 15) is 0 Å². The van der Waals surface area contributed by atoms with Gasteiger partial charge in [-0.05, 0) is 38.1 Å². The average Bonchev–Trinajstić information content (AvgIpc) is 2.93. The van der Waals surface area contributed by atoms with Crippen LogP contribution < -0.4 is 0 Å². The van der Waals surface area contributed by atoms with Gasteiger partial charge in [-0.3, -0.25) is 4.90 Å². The van der Waals surface area contributed by atoms with Gasteiger partial charge in [-0.1, -0.05) is 18.1 Å². The second kappa shape index (κ2) is 6.15. The first-order valence-electron chi connectivity index (χ1n) is 5.95. The van der Waals surface area contributed by atoms with Crippen molar-refractivity contribution in [3.63, 3.8) is 0 Å². The topological polar surface area (TPSA) is 36.3 Å². The fourth-order valence-electron chi connectivity index (χ4n) is 3.09. The zero-order valence-electron chi connectivity index (χ0n) is 9.34. The Hall–Kier alpha value is 0.110. The molecule has 0 aromatic heterocycles. The maximum absolute atomic E-state index is 9.12. The van der Waals surface area contributed by atoms with Crippen LogP contribution in [0.2, 0.25) is 0 Å². The Bertz CT molecular complexity index is 269. The lowest BCUT2D eigenvalue weighted by Gasteiger charge is -2.31. The molecular formula is C11H18N2OS2. The molecule has 16 heavy (non-hydrogen) atoms. The van der Waals surface area contributed by atoms with E-state index < -0.39 is 0 Å². The molecule has 2 rings (SSSR count). The molecule has 2 aliphatic rings. The van der Waals surface area contributed by atoms with E-state index in [-0.39, 0.29) is 6.04 Å². The van der Waals surface area contributed by atoms with E-state index in [1.807, 2.05) is 0 Å². The molecule has 2 fully saturated rings. The fraction of sp³-hybridized carbons (Fsp3) is 0.909. The molecule has 0 amide bonds. The lowest BCUT2D eigenvalue weighted by Crippen LogP contribution is -2.41. The molecule has 90 valence electrons. The molecule has 0 aromatic rings. The molecule has 0 radical (unpaired) electrons. The van der Waals surface area contributed by atoms with Crippen molar-refractivity contribution in [3.8, 4) is 6.07 Å². The van der Waals surface area contributed by atoms with E-state index in [0.29, 0.717) is 12.0 Å². The van der Waals surface area contributed by atoms with Gasteiger partial charge >= 0.3 is 0 Å². The van der Waals surface area contributed by atoms with Gasteiger partial charge in [0.1, 0.15) is 0 Å². The largest absolute Gasteiger partial charge is 0.305 e. The van der Waals surface area contributed by atoms with Gasteiger partial charge in [0.05, 0.1) is 29.8 Å². The fourth-order valence-corrected chi connectivity index (χ4v) is 3.51. The van der Waals surface area contributed by atoms with Gasteiger partial charge in [0.2, 0.25) is 0 Å². The second-order valence-electron chi connectivity index (χ2n) is 4.64. The Labute approximate surface area is 107 Å². The zero-order chi connectivity index (χ0) is 11.4. The molecule has 1 saturated heterocycles. The van der Waals surface area contributed by atoms with Crippen LogP contribution in [0.25, 0.3) is 0 Å². The van der Waals surface area contributed by atoms with E-state index in [2.05, 4.69) is 22.6 Å². The van der Waals surface area contributed by atoms with E-state index >= 15 is 0 Å². The number of nitriles is 1. The molecular weight excluding hydrogens is 240 g/mol. The first-order chi connectivity index (χ1) is 7.86. The number of rotatable bonds is 4. The van der Waals surface area contributed by atoms with Crippen molar-refractivity contribution >= 4 is 22.7 Å². The van der Waals surface area contributed by atoms with Gasteiger partial charge in [-0.2, -0.15) is 5.26 Å². The minimum Gasteiger partial charge on any atom is -0.305 e.